The number of aromatic amines is 1. The van der Waals surface area contributed by atoms with Crippen molar-refractivity contribution < 1.29 is 4.79 Å². The molecule has 3 rings (SSSR count). The predicted molar refractivity (Wildman–Crippen MR) is 61.4 cm³/mol. The zero-order chi connectivity index (χ0) is 11.0. The third-order valence-corrected chi connectivity index (χ3v) is 3.08. The smallest absolute Gasteiger partial charge is 0.183 e. The van der Waals surface area contributed by atoms with Gasteiger partial charge in [0, 0.05) is 12.4 Å². The van der Waals surface area contributed by atoms with Crippen LogP contribution in [0, 0.1) is 0 Å². The molecular formula is C12H13N3O. The molecule has 1 atom stereocenters. The molecule has 1 aliphatic heterocycles. The molecule has 2 N–H and O–H groups in total. The van der Waals surface area contributed by atoms with Gasteiger partial charge in [-0.2, -0.15) is 0 Å². The molecule has 4 heteroatoms. The van der Waals surface area contributed by atoms with Gasteiger partial charge in [0.05, 0.1) is 22.6 Å². The minimum Gasteiger partial charge on any atom is -0.359 e. The lowest BCUT2D eigenvalue weighted by atomic mass is 10.0. The molecule has 0 amide bonds. The van der Waals surface area contributed by atoms with Crippen molar-refractivity contribution in [2.45, 2.75) is 18.9 Å². The molecule has 0 spiro atoms. The second-order valence-electron chi connectivity index (χ2n) is 4.12. The van der Waals surface area contributed by atoms with Gasteiger partial charge in [0.15, 0.2) is 5.78 Å². The third-order valence-electron chi connectivity index (χ3n) is 3.08. The average Bonchev–Trinajstić information content (AvgIpc) is 2.98. The largest absolute Gasteiger partial charge is 0.359 e. The number of carbonyl (C=O) groups is 1. The lowest BCUT2D eigenvalue weighted by Gasteiger charge is -2.06. The maximum Gasteiger partial charge on any atom is 0.183 e. The van der Waals surface area contributed by atoms with E-state index in [-0.39, 0.29) is 11.8 Å². The summed E-state index contributed by atoms with van der Waals surface area (Å²) in [4.78, 5) is 19.5. The average molecular weight is 215 g/mol. The van der Waals surface area contributed by atoms with Crippen LogP contribution in [0.25, 0.3) is 11.0 Å². The van der Waals surface area contributed by atoms with Crippen LogP contribution in [0.15, 0.2) is 24.5 Å². The van der Waals surface area contributed by atoms with E-state index in [0.29, 0.717) is 5.56 Å². The first-order valence-corrected chi connectivity index (χ1v) is 5.56. The van der Waals surface area contributed by atoms with Crippen molar-refractivity contribution in [1.29, 1.82) is 0 Å². The van der Waals surface area contributed by atoms with E-state index in [0.717, 1.165) is 30.4 Å². The van der Waals surface area contributed by atoms with E-state index in [1.54, 1.807) is 12.4 Å². The van der Waals surface area contributed by atoms with Gasteiger partial charge in [-0.05, 0) is 31.5 Å². The van der Waals surface area contributed by atoms with Crippen molar-refractivity contribution in [2.75, 3.05) is 6.54 Å². The lowest BCUT2D eigenvalue weighted by Crippen LogP contribution is -2.30. The molecule has 82 valence electrons. The Kier molecular flexibility index (Phi) is 2.22. The Labute approximate surface area is 93.1 Å². The summed E-state index contributed by atoms with van der Waals surface area (Å²) in [5, 5.41) is 3.22. The number of ketones is 1. The highest BCUT2D eigenvalue weighted by Crippen LogP contribution is 2.19. The molecule has 4 nitrogen and oxygen atoms in total. The minimum atomic E-state index is -0.0268. The van der Waals surface area contributed by atoms with E-state index < -0.39 is 0 Å². The van der Waals surface area contributed by atoms with Crippen LogP contribution in [-0.4, -0.2) is 28.3 Å². The van der Waals surface area contributed by atoms with Gasteiger partial charge in [-0.15, -0.1) is 0 Å². The minimum absolute atomic E-state index is 0.0268. The summed E-state index contributed by atoms with van der Waals surface area (Å²) in [6.07, 6.45) is 5.49. The number of nitrogens with one attached hydrogen (secondary N) is 2. The molecule has 2 aromatic rings. The number of Topliss-reactive ketones (excluding diaryl/α,β-unsaturated/α-hetero) is 1. The number of carbonyl (C=O) groups excluding carboxylic acids is 1. The van der Waals surface area contributed by atoms with Gasteiger partial charge < -0.3 is 10.3 Å². The van der Waals surface area contributed by atoms with Gasteiger partial charge >= 0.3 is 0 Å². The first-order chi connectivity index (χ1) is 7.86. The molecule has 1 fully saturated rings. The zero-order valence-corrected chi connectivity index (χ0v) is 8.86. The summed E-state index contributed by atoms with van der Waals surface area (Å²) in [6, 6.07) is 3.77. The van der Waals surface area contributed by atoms with Crippen molar-refractivity contribution in [1.82, 2.24) is 15.3 Å². The van der Waals surface area contributed by atoms with Crippen molar-refractivity contribution in [3.05, 3.63) is 30.1 Å². The van der Waals surface area contributed by atoms with Crippen LogP contribution >= 0.6 is 0 Å². The summed E-state index contributed by atoms with van der Waals surface area (Å²) in [6.45, 7) is 0.937. The fourth-order valence-corrected chi connectivity index (χ4v) is 2.24. The molecule has 3 heterocycles. The van der Waals surface area contributed by atoms with E-state index in [1.165, 1.54) is 0 Å². The van der Waals surface area contributed by atoms with E-state index in [9.17, 15) is 4.79 Å². The molecular weight excluding hydrogens is 202 g/mol. The highest BCUT2D eigenvalue weighted by molar-refractivity contribution is 6.09. The first kappa shape index (κ1) is 9.54. The maximum atomic E-state index is 12.2. The van der Waals surface area contributed by atoms with Crippen LogP contribution in [0.1, 0.15) is 23.2 Å². The van der Waals surface area contributed by atoms with Gasteiger partial charge in [0.25, 0.3) is 0 Å². The fourth-order valence-electron chi connectivity index (χ4n) is 2.24. The number of H-pyrrole nitrogens is 1. The first-order valence-electron chi connectivity index (χ1n) is 5.56. The quantitative estimate of drug-likeness (QED) is 0.746. The van der Waals surface area contributed by atoms with Crippen molar-refractivity contribution >= 4 is 16.8 Å². The van der Waals surface area contributed by atoms with Gasteiger partial charge in [-0.25, -0.2) is 0 Å². The molecule has 1 aliphatic rings. The van der Waals surface area contributed by atoms with Crippen LogP contribution < -0.4 is 5.32 Å². The SMILES string of the molecule is O=C(c1c[nH]c2cccnc12)C1CCCN1. The van der Waals surface area contributed by atoms with Gasteiger partial charge in [0.1, 0.15) is 0 Å². The lowest BCUT2D eigenvalue weighted by molar-refractivity contribution is 0.0954. The zero-order valence-electron chi connectivity index (χ0n) is 8.86. The molecule has 1 saturated heterocycles. The number of aromatic nitrogens is 2. The summed E-state index contributed by atoms with van der Waals surface area (Å²) < 4.78 is 0. The molecule has 0 aliphatic carbocycles. The van der Waals surface area contributed by atoms with Crippen LogP contribution in [0.2, 0.25) is 0 Å². The summed E-state index contributed by atoms with van der Waals surface area (Å²) in [5.74, 6) is 0.155. The molecule has 1 unspecified atom stereocenters. The van der Waals surface area contributed by atoms with Crippen LogP contribution in [0.4, 0.5) is 0 Å². The molecule has 0 aromatic carbocycles. The third kappa shape index (κ3) is 1.42. The summed E-state index contributed by atoms with van der Waals surface area (Å²) in [7, 11) is 0. The van der Waals surface area contributed by atoms with Crippen molar-refractivity contribution in [3.63, 3.8) is 0 Å². The van der Waals surface area contributed by atoms with Crippen LogP contribution in [0.5, 0.6) is 0 Å². The van der Waals surface area contributed by atoms with Gasteiger partial charge in [-0.3, -0.25) is 9.78 Å². The molecule has 0 radical (unpaired) electrons. The van der Waals surface area contributed by atoms with Crippen LogP contribution in [0.3, 0.4) is 0 Å². The molecule has 0 saturated carbocycles. The predicted octanol–water partition coefficient (Wildman–Crippen LogP) is 1.50. The second kappa shape index (κ2) is 3.72. The number of rotatable bonds is 2. The van der Waals surface area contributed by atoms with E-state index >= 15 is 0 Å². The number of hydrogen-bond acceptors (Lipinski definition) is 3. The van der Waals surface area contributed by atoms with Crippen molar-refractivity contribution in [3.8, 4) is 0 Å². The molecule has 2 aromatic heterocycles. The van der Waals surface area contributed by atoms with Gasteiger partial charge in [0.2, 0.25) is 0 Å². The highest BCUT2D eigenvalue weighted by atomic mass is 16.1. The Balaban J connectivity index is 2.02. The normalized spacial score (nSPS) is 20.4. The number of fused-ring (bicyclic) bond motifs is 1. The Morgan fingerprint density at radius 3 is 3.25 bits per heavy atom. The monoisotopic (exact) mass is 215 g/mol. The maximum absolute atomic E-state index is 12.2. The van der Waals surface area contributed by atoms with E-state index in [2.05, 4.69) is 15.3 Å². The topological polar surface area (TPSA) is 57.8 Å². The summed E-state index contributed by atoms with van der Waals surface area (Å²) >= 11 is 0. The van der Waals surface area contributed by atoms with Crippen molar-refractivity contribution in [2.24, 2.45) is 0 Å². The second-order valence-corrected chi connectivity index (χ2v) is 4.12. The van der Waals surface area contributed by atoms with E-state index in [1.807, 2.05) is 12.1 Å². The van der Waals surface area contributed by atoms with E-state index in [4.69, 9.17) is 0 Å². The Hall–Kier alpha value is -1.68. The number of hydrogen-bond donors (Lipinski definition) is 2. The van der Waals surface area contributed by atoms with Gasteiger partial charge in [-0.1, -0.05) is 0 Å². The highest BCUT2D eigenvalue weighted by Gasteiger charge is 2.25. The Bertz CT molecular complexity index is 526. The summed E-state index contributed by atoms with van der Waals surface area (Å²) in [5.41, 5.74) is 2.40. The van der Waals surface area contributed by atoms with Crippen LogP contribution in [-0.2, 0) is 0 Å². The standard InChI is InChI=1S/C12H13N3O/c16-12(10-4-2-5-13-10)8-7-15-9-3-1-6-14-11(8)9/h1,3,6-7,10,13,15H,2,4-5H2. The number of nitrogens with zero attached hydrogens (tertiary/aromatic N) is 1. The Morgan fingerprint density at radius 2 is 2.44 bits per heavy atom. The molecule has 16 heavy (non-hydrogen) atoms. The fraction of sp³-hybridized carbons (Fsp3) is 0.333. The Morgan fingerprint density at radius 1 is 1.50 bits per heavy atom. The number of pyridine rings is 1. The molecule has 0 bridgehead atoms.